The molecule has 5 nitrogen and oxygen atoms in total. The van der Waals surface area contributed by atoms with Gasteiger partial charge in [0, 0.05) is 11.9 Å². The van der Waals surface area contributed by atoms with Crippen LogP contribution in [-0.2, 0) is 20.0 Å². The SMILES string of the molecule is C[C@@H](Oc1ccc(C(C)(C)C)cc1)C(=O)Nc1ccc(S(C)(=O)=O)cc1. The van der Waals surface area contributed by atoms with Gasteiger partial charge in [-0.05, 0) is 54.3 Å². The summed E-state index contributed by atoms with van der Waals surface area (Å²) in [6, 6.07) is 13.7. The molecule has 1 amide bonds. The molecule has 1 atom stereocenters. The molecule has 0 fully saturated rings. The van der Waals surface area contributed by atoms with Crippen molar-refractivity contribution in [3.05, 3.63) is 54.1 Å². The van der Waals surface area contributed by atoms with E-state index >= 15 is 0 Å². The minimum atomic E-state index is -3.26. The van der Waals surface area contributed by atoms with Crippen LogP contribution < -0.4 is 10.1 Å². The maximum absolute atomic E-state index is 12.3. The average molecular weight is 375 g/mol. The van der Waals surface area contributed by atoms with Crippen molar-refractivity contribution < 1.29 is 17.9 Å². The van der Waals surface area contributed by atoms with E-state index in [2.05, 4.69) is 26.1 Å². The first kappa shape index (κ1) is 20.0. The predicted octanol–water partition coefficient (Wildman–Crippen LogP) is 3.79. The Morgan fingerprint density at radius 2 is 1.54 bits per heavy atom. The van der Waals surface area contributed by atoms with Crippen LogP contribution in [0.25, 0.3) is 0 Å². The molecular weight excluding hydrogens is 350 g/mol. The van der Waals surface area contributed by atoms with Crippen LogP contribution in [0.3, 0.4) is 0 Å². The Morgan fingerprint density at radius 1 is 1.00 bits per heavy atom. The van der Waals surface area contributed by atoms with Gasteiger partial charge in [-0.1, -0.05) is 32.9 Å². The summed E-state index contributed by atoms with van der Waals surface area (Å²) < 4.78 is 28.6. The molecule has 0 radical (unpaired) electrons. The fourth-order valence-electron chi connectivity index (χ4n) is 2.32. The molecule has 26 heavy (non-hydrogen) atoms. The van der Waals surface area contributed by atoms with E-state index in [-0.39, 0.29) is 16.2 Å². The van der Waals surface area contributed by atoms with Crippen LogP contribution in [0, 0.1) is 0 Å². The summed E-state index contributed by atoms with van der Waals surface area (Å²) in [4.78, 5) is 12.5. The third-order valence-corrected chi connectivity index (χ3v) is 5.08. The largest absolute Gasteiger partial charge is 0.481 e. The van der Waals surface area contributed by atoms with E-state index in [9.17, 15) is 13.2 Å². The van der Waals surface area contributed by atoms with Gasteiger partial charge in [0.2, 0.25) is 0 Å². The van der Waals surface area contributed by atoms with Crippen LogP contribution in [0.15, 0.2) is 53.4 Å². The Morgan fingerprint density at radius 3 is 2.00 bits per heavy atom. The van der Waals surface area contributed by atoms with E-state index in [1.165, 1.54) is 17.7 Å². The molecule has 0 aliphatic rings. The van der Waals surface area contributed by atoms with Gasteiger partial charge in [-0.3, -0.25) is 4.79 Å². The molecule has 2 rings (SSSR count). The third kappa shape index (κ3) is 5.33. The zero-order valence-electron chi connectivity index (χ0n) is 15.7. The zero-order chi connectivity index (χ0) is 19.5. The Balaban J connectivity index is 1.99. The van der Waals surface area contributed by atoms with E-state index < -0.39 is 15.9 Å². The molecule has 0 unspecified atom stereocenters. The lowest BCUT2D eigenvalue weighted by Crippen LogP contribution is -2.30. The maximum atomic E-state index is 12.3. The molecule has 0 heterocycles. The molecular formula is C20H25NO4S. The van der Waals surface area contributed by atoms with Gasteiger partial charge in [0.15, 0.2) is 15.9 Å². The highest BCUT2D eigenvalue weighted by Gasteiger charge is 2.17. The van der Waals surface area contributed by atoms with Crippen molar-refractivity contribution in [2.24, 2.45) is 0 Å². The van der Waals surface area contributed by atoms with Crippen LogP contribution in [0.2, 0.25) is 0 Å². The maximum Gasteiger partial charge on any atom is 0.265 e. The van der Waals surface area contributed by atoms with E-state index in [4.69, 9.17) is 4.74 Å². The minimum absolute atomic E-state index is 0.0552. The predicted molar refractivity (Wildman–Crippen MR) is 103 cm³/mol. The number of nitrogens with one attached hydrogen (secondary N) is 1. The van der Waals surface area contributed by atoms with E-state index in [0.717, 1.165) is 6.26 Å². The number of hydrogen-bond acceptors (Lipinski definition) is 4. The van der Waals surface area contributed by atoms with Crippen LogP contribution in [0.5, 0.6) is 5.75 Å². The third-order valence-electron chi connectivity index (χ3n) is 3.95. The van der Waals surface area contributed by atoms with E-state index in [0.29, 0.717) is 11.4 Å². The molecule has 0 saturated carbocycles. The molecule has 1 N–H and O–H groups in total. The fraction of sp³-hybridized carbons (Fsp3) is 0.350. The average Bonchev–Trinajstić information content (AvgIpc) is 2.54. The number of hydrogen-bond donors (Lipinski definition) is 1. The fourth-order valence-corrected chi connectivity index (χ4v) is 2.95. The topological polar surface area (TPSA) is 72.5 Å². The van der Waals surface area contributed by atoms with E-state index in [1.54, 1.807) is 19.1 Å². The Bertz CT molecular complexity index is 864. The van der Waals surface area contributed by atoms with E-state index in [1.807, 2.05) is 24.3 Å². The molecule has 0 spiro atoms. The van der Waals surface area contributed by atoms with Crippen molar-refractivity contribution >= 4 is 21.4 Å². The highest BCUT2D eigenvalue weighted by molar-refractivity contribution is 7.90. The molecule has 140 valence electrons. The number of rotatable bonds is 5. The van der Waals surface area contributed by atoms with Crippen LogP contribution in [0.4, 0.5) is 5.69 Å². The monoisotopic (exact) mass is 375 g/mol. The number of anilines is 1. The second kappa shape index (κ2) is 7.50. The van der Waals surface area contributed by atoms with Gasteiger partial charge in [0.1, 0.15) is 5.75 Å². The van der Waals surface area contributed by atoms with Crippen molar-refractivity contribution in [3.63, 3.8) is 0 Å². The highest BCUT2D eigenvalue weighted by Crippen LogP contribution is 2.24. The lowest BCUT2D eigenvalue weighted by Gasteiger charge is -2.20. The number of carbonyl (C=O) groups excluding carboxylic acids is 1. The van der Waals surface area contributed by atoms with Crippen molar-refractivity contribution in [1.82, 2.24) is 0 Å². The quantitative estimate of drug-likeness (QED) is 0.863. The molecule has 2 aromatic rings. The van der Waals surface area contributed by atoms with Crippen molar-refractivity contribution in [3.8, 4) is 5.75 Å². The number of carbonyl (C=O) groups is 1. The lowest BCUT2D eigenvalue weighted by atomic mass is 9.87. The van der Waals surface area contributed by atoms with Crippen LogP contribution in [0.1, 0.15) is 33.3 Å². The molecule has 0 aliphatic heterocycles. The van der Waals surface area contributed by atoms with Gasteiger partial charge in [-0.2, -0.15) is 0 Å². The molecule has 0 bridgehead atoms. The number of ether oxygens (including phenoxy) is 1. The number of benzene rings is 2. The Kier molecular flexibility index (Phi) is 5.76. The first-order chi connectivity index (χ1) is 12.0. The highest BCUT2D eigenvalue weighted by atomic mass is 32.2. The molecule has 0 saturated heterocycles. The standard InChI is InChI=1S/C20H25NO4S/c1-14(25-17-10-6-15(7-11-17)20(2,3)4)19(22)21-16-8-12-18(13-9-16)26(5,23)24/h6-14H,1-5H3,(H,21,22)/t14-/m1/s1. The van der Waals surface area contributed by atoms with Gasteiger partial charge in [0.25, 0.3) is 5.91 Å². The second-order valence-electron chi connectivity index (χ2n) is 7.32. The van der Waals surface area contributed by atoms with Crippen molar-refractivity contribution in [2.45, 2.75) is 44.1 Å². The zero-order valence-corrected chi connectivity index (χ0v) is 16.6. The summed E-state index contributed by atoms with van der Waals surface area (Å²) in [6.07, 6.45) is 0.451. The van der Waals surface area contributed by atoms with Crippen molar-refractivity contribution in [2.75, 3.05) is 11.6 Å². The summed E-state index contributed by atoms with van der Waals surface area (Å²) in [5, 5.41) is 2.72. The smallest absolute Gasteiger partial charge is 0.265 e. The summed E-state index contributed by atoms with van der Waals surface area (Å²) in [5.41, 5.74) is 1.76. The summed E-state index contributed by atoms with van der Waals surface area (Å²) >= 11 is 0. The second-order valence-corrected chi connectivity index (χ2v) is 9.34. The van der Waals surface area contributed by atoms with Crippen LogP contribution >= 0.6 is 0 Å². The number of amides is 1. The first-order valence-corrected chi connectivity index (χ1v) is 10.2. The minimum Gasteiger partial charge on any atom is -0.481 e. The Hall–Kier alpha value is -2.34. The normalized spacial score (nSPS) is 13.1. The summed E-state index contributed by atoms with van der Waals surface area (Å²) in [6.45, 7) is 8.06. The van der Waals surface area contributed by atoms with Crippen LogP contribution in [-0.4, -0.2) is 26.7 Å². The van der Waals surface area contributed by atoms with Gasteiger partial charge >= 0.3 is 0 Å². The molecule has 0 aliphatic carbocycles. The van der Waals surface area contributed by atoms with Gasteiger partial charge in [-0.25, -0.2) is 8.42 Å². The number of sulfone groups is 1. The summed E-state index contributed by atoms with van der Waals surface area (Å²) in [5.74, 6) is 0.310. The van der Waals surface area contributed by atoms with Gasteiger partial charge in [-0.15, -0.1) is 0 Å². The first-order valence-electron chi connectivity index (χ1n) is 8.35. The molecule has 0 aromatic heterocycles. The lowest BCUT2D eigenvalue weighted by molar-refractivity contribution is -0.122. The van der Waals surface area contributed by atoms with Gasteiger partial charge in [0.05, 0.1) is 4.90 Å². The van der Waals surface area contributed by atoms with Crippen molar-refractivity contribution in [1.29, 1.82) is 0 Å². The van der Waals surface area contributed by atoms with Gasteiger partial charge < -0.3 is 10.1 Å². The molecule has 6 heteroatoms. The Labute approximate surface area is 155 Å². The molecule has 2 aromatic carbocycles. The summed E-state index contributed by atoms with van der Waals surface area (Å²) in [7, 11) is -3.26.